The van der Waals surface area contributed by atoms with Gasteiger partial charge in [0.25, 0.3) is 0 Å². The van der Waals surface area contributed by atoms with Crippen molar-refractivity contribution in [1.82, 2.24) is 5.32 Å². The lowest BCUT2D eigenvalue weighted by molar-refractivity contribution is -0.126. The molecule has 1 N–H and O–H groups in total. The predicted octanol–water partition coefficient (Wildman–Crippen LogP) is 2.38. The molecule has 0 aromatic heterocycles. The zero-order valence-electron chi connectivity index (χ0n) is 16.2. The van der Waals surface area contributed by atoms with E-state index < -0.39 is 0 Å². The van der Waals surface area contributed by atoms with E-state index in [0.29, 0.717) is 24.6 Å². The topological polar surface area (TPSA) is 77.1 Å². The Morgan fingerprint density at radius 3 is 2.36 bits per heavy atom. The molecular weight excluding hydrogens is 360 g/mol. The van der Waals surface area contributed by atoms with Crippen molar-refractivity contribution in [3.63, 3.8) is 0 Å². The maximum atomic E-state index is 12.6. The van der Waals surface area contributed by atoms with Crippen LogP contribution in [0.5, 0.6) is 17.2 Å². The van der Waals surface area contributed by atoms with Crippen molar-refractivity contribution in [2.45, 2.75) is 13.0 Å². The summed E-state index contributed by atoms with van der Waals surface area (Å²) in [6.45, 7) is 0.677. The average Bonchev–Trinajstić information content (AvgIpc) is 3.13. The average molecular weight is 384 g/mol. The number of hydrogen-bond acceptors (Lipinski definition) is 5. The van der Waals surface area contributed by atoms with E-state index in [4.69, 9.17) is 14.2 Å². The first-order chi connectivity index (χ1) is 13.5. The summed E-state index contributed by atoms with van der Waals surface area (Å²) in [5.41, 5.74) is 1.60. The molecule has 1 fully saturated rings. The molecular formula is C21H24N2O5. The lowest BCUT2D eigenvalue weighted by Gasteiger charge is -2.17. The van der Waals surface area contributed by atoms with Crippen molar-refractivity contribution in [2.24, 2.45) is 5.92 Å². The van der Waals surface area contributed by atoms with Crippen LogP contribution in [0.3, 0.4) is 0 Å². The molecule has 1 saturated heterocycles. The van der Waals surface area contributed by atoms with E-state index in [2.05, 4.69) is 5.32 Å². The minimum Gasteiger partial charge on any atom is -0.497 e. The molecule has 28 heavy (non-hydrogen) atoms. The minimum atomic E-state index is -0.390. The summed E-state index contributed by atoms with van der Waals surface area (Å²) in [5.74, 6) is 1.44. The SMILES string of the molecule is COc1ccc(N2C[C@@H](C(=O)NCc3ccc(OC)cc3OC)CC2=O)cc1. The highest BCUT2D eigenvalue weighted by Crippen LogP contribution is 2.28. The molecule has 2 aromatic rings. The largest absolute Gasteiger partial charge is 0.497 e. The Kier molecular flexibility index (Phi) is 6.03. The third kappa shape index (κ3) is 4.19. The Morgan fingerprint density at radius 2 is 1.71 bits per heavy atom. The number of ether oxygens (including phenoxy) is 3. The Bertz CT molecular complexity index is 850. The van der Waals surface area contributed by atoms with Gasteiger partial charge in [-0.3, -0.25) is 9.59 Å². The van der Waals surface area contributed by atoms with E-state index in [9.17, 15) is 9.59 Å². The predicted molar refractivity (Wildman–Crippen MR) is 105 cm³/mol. The van der Waals surface area contributed by atoms with Gasteiger partial charge in [-0.2, -0.15) is 0 Å². The zero-order valence-corrected chi connectivity index (χ0v) is 16.2. The summed E-state index contributed by atoms with van der Waals surface area (Å²) >= 11 is 0. The van der Waals surface area contributed by atoms with E-state index in [0.717, 1.165) is 17.0 Å². The van der Waals surface area contributed by atoms with Gasteiger partial charge in [0, 0.05) is 36.8 Å². The van der Waals surface area contributed by atoms with Gasteiger partial charge in [0.2, 0.25) is 11.8 Å². The number of methoxy groups -OCH3 is 3. The molecule has 0 unspecified atom stereocenters. The first-order valence-corrected chi connectivity index (χ1v) is 8.98. The Labute approximate surface area is 164 Å². The fourth-order valence-corrected chi connectivity index (χ4v) is 3.22. The third-order valence-electron chi connectivity index (χ3n) is 4.83. The third-order valence-corrected chi connectivity index (χ3v) is 4.83. The molecule has 0 spiro atoms. The Balaban J connectivity index is 1.61. The molecule has 0 radical (unpaired) electrons. The van der Waals surface area contributed by atoms with Gasteiger partial charge in [0.15, 0.2) is 0 Å². The Hall–Kier alpha value is -3.22. The van der Waals surface area contributed by atoms with Crippen molar-refractivity contribution < 1.29 is 23.8 Å². The van der Waals surface area contributed by atoms with Gasteiger partial charge in [-0.05, 0) is 36.4 Å². The molecule has 1 heterocycles. The molecule has 7 heteroatoms. The van der Waals surface area contributed by atoms with Crippen LogP contribution in [0.15, 0.2) is 42.5 Å². The van der Waals surface area contributed by atoms with Crippen LogP contribution < -0.4 is 24.4 Å². The van der Waals surface area contributed by atoms with Crippen molar-refractivity contribution in [2.75, 3.05) is 32.8 Å². The number of carbonyl (C=O) groups is 2. The van der Waals surface area contributed by atoms with Gasteiger partial charge in [-0.1, -0.05) is 0 Å². The minimum absolute atomic E-state index is 0.0626. The molecule has 7 nitrogen and oxygen atoms in total. The standard InChI is InChI=1S/C21H24N2O5/c1-26-17-8-5-16(6-9-17)23-13-15(10-20(23)24)21(25)22-12-14-4-7-18(27-2)11-19(14)28-3/h4-9,11,15H,10,12-13H2,1-3H3,(H,22,25)/t15-/m0/s1. The molecule has 148 valence electrons. The summed E-state index contributed by atoms with van der Waals surface area (Å²) in [4.78, 5) is 26.6. The van der Waals surface area contributed by atoms with Crippen molar-refractivity contribution in [1.29, 1.82) is 0 Å². The summed E-state index contributed by atoms with van der Waals surface area (Å²) in [6.07, 6.45) is 0.192. The van der Waals surface area contributed by atoms with Crippen molar-refractivity contribution in [3.8, 4) is 17.2 Å². The van der Waals surface area contributed by atoms with Gasteiger partial charge in [-0.25, -0.2) is 0 Å². The first-order valence-electron chi connectivity index (χ1n) is 8.98. The monoisotopic (exact) mass is 384 g/mol. The number of nitrogens with one attached hydrogen (secondary N) is 1. The fraction of sp³-hybridized carbons (Fsp3) is 0.333. The zero-order chi connectivity index (χ0) is 20.1. The quantitative estimate of drug-likeness (QED) is 0.793. The molecule has 3 rings (SSSR count). The Morgan fingerprint density at radius 1 is 1.04 bits per heavy atom. The highest BCUT2D eigenvalue weighted by Gasteiger charge is 2.35. The number of anilines is 1. The maximum absolute atomic E-state index is 12.6. The van der Waals surface area contributed by atoms with Gasteiger partial charge >= 0.3 is 0 Å². The second-order valence-corrected chi connectivity index (χ2v) is 6.50. The van der Waals surface area contributed by atoms with E-state index in [1.807, 2.05) is 24.3 Å². The van der Waals surface area contributed by atoms with Gasteiger partial charge in [-0.15, -0.1) is 0 Å². The van der Waals surface area contributed by atoms with E-state index >= 15 is 0 Å². The highest BCUT2D eigenvalue weighted by molar-refractivity contribution is 6.00. The van der Waals surface area contributed by atoms with Gasteiger partial charge < -0.3 is 24.4 Å². The second-order valence-electron chi connectivity index (χ2n) is 6.50. The van der Waals surface area contributed by atoms with E-state index in [1.54, 1.807) is 44.4 Å². The molecule has 2 amide bonds. The van der Waals surface area contributed by atoms with Crippen molar-refractivity contribution in [3.05, 3.63) is 48.0 Å². The van der Waals surface area contributed by atoms with Crippen LogP contribution in [-0.4, -0.2) is 39.7 Å². The van der Waals surface area contributed by atoms with Crippen LogP contribution in [-0.2, 0) is 16.1 Å². The fourth-order valence-electron chi connectivity index (χ4n) is 3.22. The molecule has 1 aliphatic rings. The summed E-state index contributed by atoms with van der Waals surface area (Å²) < 4.78 is 15.7. The normalized spacial score (nSPS) is 16.0. The summed E-state index contributed by atoms with van der Waals surface area (Å²) in [7, 11) is 4.75. The van der Waals surface area contributed by atoms with Gasteiger partial charge in [0.05, 0.1) is 27.2 Å². The molecule has 0 saturated carbocycles. The lowest BCUT2D eigenvalue weighted by Crippen LogP contribution is -2.32. The number of carbonyl (C=O) groups excluding carboxylic acids is 2. The number of benzene rings is 2. The lowest BCUT2D eigenvalue weighted by atomic mass is 10.1. The summed E-state index contributed by atoms with van der Waals surface area (Å²) in [5, 5.41) is 2.91. The van der Waals surface area contributed by atoms with E-state index in [1.165, 1.54) is 0 Å². The van der Waals surface area contributed by atoms with E-state index in [-0.39, 0.29) is 24.2 Å². The number of amides is 2. The molecule has 2 aromatic carbocycles. The van der Waals surface area contributed by atoms with Gasteiger partial charge in [0.1, 0.15) is 17.2 Å². The molecule has 0 bridgehead atoms. The number of rotatable bonds is 7. The van der Waals surface area contributed by atoms with Crippen LogP contribution in [0.2, 0.25) is 0 Å². The maximum Gasteiger partial charge on any atom is 0.227 e. The highest BCUT2D eigenvalue weighted by atomic mass is 16.5. The van der Waals surface area contributed by atoms with Crippen LogP contribution >= 0.6 is 0 Å². The molecule has 0 aliphatic carbocycles. The number of hydrogen-bond donors (Lipinski definition) is 1. The van der Waals surface area contributed by atoms with Crippen LogP contribution in [0.4, 0.5) is 5.69 Å². The van der Waals surface area contributed by atoms with Crippen LogP contribution in [0.1, 0.15) is 12.0 Å². The van der Waals surface area contributed by atoms with Crippen LogP contribution in [0, 0.1) is 5.92 Å². The van der Waals surface area contributed by atoms with Crippen LogP contribution in [0.25, 0.3) is 0 Å². The number of nitrogens with zero attached hydrogens (tertiary/aromatic N) is 1. The second kappa shape index (κ2) is 8.65. The summed E-state index contributed by atoms with van der Waals surface area (Å²) in [6, 6.07) is 12.7. The van der Waals surface area contributed by atoms with Crippen molar-refractivity contribution >= 4 is 17.5 Å². The molecule has 1 aliphatic heterocycles. The first kappa shape index (κ1) is 19.5. The smallest absolute Gasteiger partial charge is 0.227 e. The molecule has 1 atom stereocenters.